The molecule has 3 heteroatoms. The molecule has 0 aliphatic rings. The standard InChI is InChI=1S/C14H15BrOS/c1-8-4-9(2)6-11(5-8)14(16)12-7-13(15)17-10(12)3/h4-7,14,16H,1-3H3. The second-order valence-electron chi connectivity index (χ2n) is 4.39. The van der Waals surface area contributed by atoms with E-state index in [9.17, 15) is 5.11 Å². The van der Waals surface area contributed by atoms with Gasteiger partial charge in [-0.1, -0.05) is 29.3 Å². The molecule has 2 aromatic rings. The van der Waals surface area contributed by atoms with E-state index in [4.69, 9.17) is 0 Å². The summed E-state index contributed by atoms with van der Waals surface area (Å²) in [5, 5.41) is 10.4. The van der Waals surface area contributed by atoms with Crippen LogP contribution >= 0.6 is 27.3 Å². The van der Waals surface area contributed by atoms with Crippen LogP contribution in [0.4, 0.5) is 0 Å². The average Bonchev–Trinajstić information content (AvgIpc) is 2.55. The van der Waals surface area contributed by atoms with E-state index in [2.05, 4.69) is 35.8 Å². The van der Waals surface area contributed by atoms with Crippen molar-refractivity contribution >= 4 is 27.3 Å². The maximum absolute atomic E-state index is 10.4. The summed E-state index contributed by atoms with van der Waals surface area (Å²) in [6, 6.07) is 8.21. The molecule has 1 heterocycles. The molecule has 90 valence electrons. The highest BCUT2D eigenvalue weighted by molar-refractivity contribution is 9.11. The number of aryl methyl sites for hydroxylation is 3. The number of benzene rings is 1. The van der Waals surface area contributed by atoms with Crippen molar-refractivity contribution in [3.63, 3.8) is 0 Å². The highest BCUT2D eigenvalue weighted by atomic mass is 79.9. The lowest BCUT2D eigenvalue weighted by Gasteiger charge is -2.12. The topological polar surface area (TPSA) is 20.2 Å². The van der Waals surface area contributed by atoms with Gasteiger partial charge in [0.25, 0.3) is 0 Å². The summed E-state index contributed by atoms with van der Waals surface area (Å²) in [5.41, 5.74) is 4.33. The van der Waals surface area contributed by atoms with Gasteiger partial charge in [-0.3, -0.25) is 0 Å². The Morgan fingerprint density at radius 1 is 1.06 bits per heavy atom. The van der Waals surface area contributed by atoms with Gasteiger partial charge < -0.3 is 5.11 Å². The fourth-order valence-corrected chi connectivity index (χ4v) is 3.82. The Kier molecular flexibility index (Phi) is 3.71. The molecule has 0 saturated carbocycles. The number of thiophene rings is 1. The van der Waals surface area contributed by atoms with Gasteiger partial charge in [0.1, 0.15) is 6.10 Å². The van der Waals surface area contributed by atoms with Gasteiger partial charge in [-0.25, -0.2) is 0 Å². The van der Waals surface area contributed by atoms with E-state index in [0.29, 0.717) is 0 Å². The number of hydrogen-bond donors (Lipinski definition) is 1. The van der Waals surface area contributed by atoms with Crippen molar-refractivity contribution in [2.45, 2.75) is 26.9 Å². The molecule has 0 spiro atoms. The van der Waals surface area contributed by atoms with Crippen molar-refractivity contribution in [1.82, 2.24) is 0 Å². The van der Waals surface area contributed by atoms with Crippen LogP contribution < -0.4 is 0 Å². The number of hydrogen-bond acceptors (Lipinski definition) is 2. The molecule has 1 unspecified atom stereocenters. The largest absolute Gasteiger partial charge is 0.384 e. The van der Waals surface area contributed by atoms with E-state index in [1.54, 1.807) is 11.3 Å². The highest BCUT2D eigenvalue weighted by Crippen LogP contribution is 2.34. The van der Waals surface area contributed by atoms with E-state index < -0.39 is 6.10 Å². The number of halogens is 1. The highest BCUT2D eigenvalue weighted by Gasteiger charge is 2.15. The van der Waals surface area contributed by atoms with Crippen LogP contribution in [0.2, 0.25) is 0 Å². The van der Waals surface area contributed by atoms with Crippen molar-refractivity contribution in [3.8, 4) is 0 Å². The lowest BCUT2D eigenvalue weighted by Crippen LogP contribution is -2.00. The van der Waals surface area contributed by atoms with Gasteiger partial charge in [0, 0.05) is 4.88 Å². The molecule has 17 heavy (non-hydrogen) atoms. The summed E-state index contributed by atoms with van der Waals surface area (Å²) in [4.78, 5) is 1.16. The molecule has 1 nitrogen and oxygen atoms in total. The van der Waals surface area contributed by atoms with Crippen molar-refractivity contribution in [3.05, 3.63) is 55.2 Å². The molecule has 0 fully saturated rings. The van der Waals surface area contributed by atoms with Crippen molar-refractivity contribution in [1.29, 1.82) is 0 Å². The molecule has 0 radical (unpaired) electrons. The van der Waals surface area contributed by atoms with Gasteiger partial charge in [-0.2, -0.15) is 0 Å². The normalized spacial score (nSPS) is 12.8. The third kappa shape index (κ3) is 2.79. The zero-order chi connectivity index (χ0) is 12.6. The average molecular weight is 311 g/mol. The van der Waals surface area contributed by atoms with Crippen LogP contribution in [-0.4, -0.2) is 5.11 Å². The van der Waals surface area contributed by atoms with Crippen LogP contribution in [0.15, 0.2) is 28.1 Å². The molecule has 0 aliphatic heterocycles. The smallest absolute Gasteiger partial charge is 0.105 e. The minimum absolute atomic E-state index is 0.531. The van der Waals surface area contributed by atoms with Gasteiger partial charge in [0.2, 0.25) is 0 Å². The summed E-state index contributed by atoms with van der Waals surface area (Å²) in [5.74, 6) is 0. The Hall–Kier alpha value is -0.640. The summed E-state index contributed by atoms with van der Waals surface area (Å²) < 4.78 is 1.06. The predicted molar refractivity (Wildman–Crippen MR) is 76.7 cm³/mol. The van der Waals surface area contributed by atoms with E-state index in [-0.39, 0.29) is 0 Å². The zero-order valence-electron chi connectivity index (χ0n) is 10.1. The minimum atomic E-state index is -0.531. The van der Waals surface area contributed by atoms with Crippen LogP contribution in [-0.2, 0) is 0 Å². The van der Waals surface area contributed by atoms with Crippen molar-refractivity contribution < 1.29 is 5.11 Å². The first-order valence-corrected chi connectivity index (χ1v) is 7.10. The third-order valence-corrected chi connectivity index (χ3v) is 4.35. The first kappa shape index (κ1) is 12.8. The first-order valence-electron chi connectivity index (χ1n) is 5.49. The van der Waals surface area contributed by atoms with Gasteiger partial charge in [0.15, 0.2) is 0 Å². The molecule has 0 bridgehead atoms. The fourth-order valence-electron chi connectivity index (χ4n) is 2.08. The molecule has 0 amide bonds. The Morgan fingerprint density at radius 2 is 1.65 bits per heavy atom. The monoisotopic (exact) mass is 310 g/mol. The first-order chi connectivity index (χ1) is 7.97. The molecule has 2 rings (SSSR count). The van der Waals surface area contributed by atoms with E-state index in [0.717, 1.165) is 19.8 Å². The van der Waals surface area contributed by atoms with Gasteiger partial charge in [-0.15, -0.1) is 11.3 Å². The third-order valence-electron chi connectivity index (χ3n) is 2.78. The molecule has 0 saturated heterocycles. The van der Waals surface area contributed by atoms with Crippen LogP contribution in [0.1, 0.15) is 33.2 Å². The van der Waals surface area contributed by atoms with Gasteiger partial charge in [0.05, 0.1) is 3.79 Å². The van der Waals surface area contributed by atoms with E-state index in [1.165, 1.54) is 11.1 Å². The summed E-state index contributed by atoms with van der Waals surface area (Å²) in [6.45, 7) is 6.15. The Balaban J connectivity index is 2.43. The molecular formula is C14H15BrOS. The zero-order valence-corrected chi connectivity index (χ0v) is 12.5. The molecular weight excluding hydrogens is 296 g/mol. The molecule has 1 aromatic heterocycles. The summed E-state index contributed by atoms with van der Waals surface area (Å²) in [7, 11) is 0. The minimum Gasteiger partial charge on any atom is -0.384 e. The number of aliphatic hydroxyl groups excluding tert-OH is 1. The Labute approximate surface area is 114 Å². The SMILES string of the molecule is Cc1cc(C)cc(C(O)c2cc(Br)sc2C)c1. The van der Waals surface area contributed by atoms with Crippen LogP contribution in [0, 0.1) is 20.8 Å². The predicted octanol–water partition coefficient (Wildman–Crippen LogP) is 4.52. The summed E-state index contributed by atoms with van der Waals surface area (Å²) >= 11 is 5.12. The van der Waals surface area contributed by atoms with E-state index in [1.807, 2.05) is 25.1 Å². The maximum atomic E-state index is 10.4. The quantitative estimate of drug-likeness (QED) is 0.864. The number of aliphatic hydroxyl groups is 1. The summed E-state index contributed by atoms with van der Waals surface area (Å²) in [6.07, 6.45) is -0.531. The maximum Gasteiger partial charge on any atom is 0.105 e. The van der Waals surface area contributed by atoms with Gasteiger partial charge in [-0.05, 0) is 53.9 Å². The van der Waals surface area contributed by atoms with Crippen LogP contribution in [0.5, 0.6) is 0 Å². The molecule has 0 aliphatic carbocycles. The number of rotatable bonds is 2. The second kappa shape index (κ2) is 4.92. The van der Waals surface area contributed by atoms with Crippen LogP contribution in [0.25, 0.3) is 0 Å². The Bertz CT molecular complexity index is 525. The fraction of sp³-hybridized carbons (Fsp3) is 0.286. The van der Waals surface area contributed by atoms with Crippen molar-refractivity contribution in [2.24, 2.45) is 0 Å². The lowest BCUT2D eigenvalue weighted by molar-refractivity contribution is 0.220. The molecule has 1 atom stereocenters. The van der Waals surface area contributed by atoms with Gasteiger partial charge >= 0.3 is 0 Å². The van der Waals surface area contributed by atoms with Crippen LogP contribution in [0.3, 0.4) is 0 Å². The lowest BCUT2D eigenvalue weighted by atomic mass is 9.98. The van der Waals surface area contributed by atoms with Crippen molar-refractivity contribution in [2.75, 3.05) is 0 Å². The molecule has 1 N–H and O–H groups in total. The second-order valence-corrected chi connectivity index (χ2v) is 7.02. The van der Waals surface area contributed by atoms with E-state index >= 15 is 0 Å². The Morgan fingerprint density at radius 3 is 2.12 bits per heavy atom. The molecule has 1 aromatic carbocycles.